The zero-order chi connectivity index (χ0) is 31.8. The summed E-state index contributed by atoms with van der Waals surface area (Å²) in [4.78, 5) is 2.48. The Morgan fingerprint density at radius 3 is 1.24 bits per heavy atom. The first-order chi connectivity index (χ1) is 22.2. The van der Waals surface area contributed by atoms with Crippen molar-refractivity contribution in [3.05, 3.63) is 48.6 Å². The summed E-state index contributed by atoms with van der Waals surface area (Å²) in [5, 5.41) is 0. The molecule has 1 aliphatic carbocycles. The first-order valence-corrected chi connectivity index (χ1v) is 19.8. The molecule has 1 saturated carbocycles. The van der Waals surface area contributed by atoms with Gasteiger partial charge in [0.25, 0.3) is 0 Å². The molecule has 0 aromatic heterocycles. The molecule has 3 heteroatoms. The van der Waals surface area contributed by atoms with Crippen LogP contribution in [0.5, 0.6) is 0 Å². The zero-order valence-corrected chi connectivity index (χ0v) is 30.1. The Bertz CT molecular complexity index is 776. The van der Waals surface area contributed by atoms with Crippen LogP contribution in [0.1, 0.15) is 168 Å². The summed E-state index contributed by atoms with van der Waals surface area (Å²) in [6.07, 6.45) is 50.1. The van der Waals surface area contributed by atoms with E-state index in [1.54, 1.807) is 0 Å². The molecule has 3 nitrogen and oxygen atoms in total. The quantitative estimate of drug-likeness (QED) is 0.0639. The highest BCUT2D eigenvalue weighted by Crippen LogP contribution is 2.53. The van der Waals surface area contributed by atoms with Crippen LogP contribution >= 0.6 is 0 Å². The smallest absolute Gasteiger partial charge is 0.169 e. The van der Waals surface area contributed by atoms with E-state index < -0.39 is 0 Å². The average molecular weight is 624 g/mol. The van der Waals surface area contributed by atoms with E-state index in [-0.39, 0.29) is 5.79 Å². The van der Waals surface area contributed by atoms with Crippen molar-refractivity contribution in [2.75, 3.05) is 20.1 Å². The van der Waals surface area contributed by atoms with E-state index in [0.717, 1.165) is 25.7 Å². The first kappa shape index (κ1) is 38.3. The second kappa shape index (κ2) is 24.1. The van der Waals surface area contributed by atoms with E-state index in [2.05, 4.69) is 74.4 Å². The van der Waals surface area contributed by atoms with E-state index in [1.807, 2.05) is 0 Å². The number of rotatable bonds is 28. The van der Waals surface area contributed by atoms with Crippen LogP contribution < -0.4 is 0 Å². The van der Waals surface area contributed by atoms with Crippen LogP contribution in [0.15, 0.2) is 48.6 Å². The van der Waals surface area contributed by atoms with Gasteiger partial charge in [0.2, 0.25) is 0 Å². The lowest BCUT2D eigenvalue weighted by molar-refractivity contribution is -0.182. The SMILES string of the molecule is CCCC/C=C\C/C=C\CCCCCCCCC1(CCCCCCCC/C=C\C/C=C\CCCC)O[C@@H]2C3CN(C)CC3[C@H]2O1. The molecular formula is C42H73NO2. The number of allylic oxidation sites excluding steroid dienone is 8. The Kier molecular flexibility index (Phi) is 20.5. The van der Waals surface area contributed by atoms with Gasteiger partial charge in [0.1, 0.15) is 0 Å². The standard InChI is InChI=1S/C42H73NO2/c1-4-6-8-10-12-14-16-18-20-22-24-26-28-30-32-34-42(44-40-38-36-43(3)37-39(38)41(40)45-42)35-33-31-29-27-25-23-21-19-17-15-13-11-9-7-5-2/h10-13,16-19,38-41H,4-9,14-15,20-37H2,1-3H3/b12-10-,13-11-,18-16-,19-17-/t38?,39?,40-,41-/m1/s1. The van der Waals surface area contributed by atoms with Gasteiger partial charge in [0.15, 0.2) is 5.79 Å². The van der Waals surface area contributed by atoms with Crippen molar-refractivity contribution in [2.45, 2.75) is 186 Å². The van der Waals surface area contributed by atoms with Crippen molar-refractivity contribution in [1.82, 2.24) is 4.90 Å². The van der Waals surface area contributed by atoms with Gasteiger partial charge in [-0.1, -0.05) is 140 Å². The van der Waals surface area contributed by atoms with Crippen molar-refractivity contribution in [2.24, 2.45) is 11.8 Å². The van der Waals surface area contributed by atoms with Crippen molar-refractivity contribution in [3.8, 4) is 0 Å². The van der Waals surface area contributed by atoms with Gasteiger partial charge in [0.05, 0.1) is 12.2 Å². The molecule has 0 radical (unpaired) electrons. The number of ether oxygens (including phenoxy) is 2. The number of unbranched alkanes of at least 4 members (excludes halogenated alkanes) is 16. The molecule has 0 spiro atoms. The van der Waals surface area contributed by atoms with Gasteiger partial charge in [0, 0.05) is 37.8 Å². The summed E-state index contributed by atoms with van der Waals surface area (Å²) in [5.74, 6) is 1.13. The Morgan fingerprint density at radius 2 is 0.844 bits per heavy atom. The lowest BCUT2D eigenvalue weighted by Crippen LogP contribution is -2.52. The summed E-state index contributed by atoms with van der Waals surface area (Å²) in [6.45, 7) is 6.91. The third kappa shape index (κ3) is 15.1. The van der Waals surface area contributed by atoms with Gasteiger partial charge >= 0.3 is 0 Å². The fraction of sp³-hybridized carbons (Fsp3) is 0.810. The van der Waals surface area contributed by atoms with E-state index in [1.165, 1.54) is 142 Å². The maximum Gasteiger partial charge on any atom is 0.169 e. The predicted octanol–water partition coefficient (Wildman–Crippen LogP) is 12.3. The lowest BCUT2D eigenvalue weighted by atomic mass is 9.71. The van der Waals surface area contributed by atoms with E-state index in [0.29, 0.717) is 24.0 Å². The molecular weight excluding hydrogens is 550 g/mol. The second-order valence-corrected chi connectivity index (χ2v) is 14.6. The summed E-state index contributed by atoms with van der Waals surface area (Å²) in [6, 6.07) is 0. The van der Waals surface area contributed by atoms with Crippen molar-refractivity contribution < 1.29 is 9.47 Å². The topological polar surface area (TPSA) is 21.7 Å². The average Bonchev–Trinajstić information content (AvgIpc) is 3.56. The van der Waals surface area contributed by atoms with Gasteiger partial charge in [-0.15, -0.1) is 0 Å². The highest BCUT2D eigenvalue weighted by atomic mass is 16.8. The van der Waals surface area contributed by atoms with E-state index >= 15 is 0 Å². The molecule has 0 aromatic carbocycles. The summed E-state index contributed by atoms with van der Waals surface area (Å²) in [5.41, 5.74) is 0. The molecule has 0 bridgehead atoms. The van der Waals surface area contributed by atoms with Gasteiger partial charge < -0.3 is 14.4 Å². The maximum absolute atomic E-state index is 6.87. The first-order valence-electron chi connectivity index (χ1n) is 19.8. The Morgan fingerprint density at radius 1 is 0.489 bits per heavy atom. The van der Waals surface area contributed by atoms with Crippen LogP contribution in [0, 0.1) is 11.8 Å². The molecule has 0 amide bonds. The Labute approximate surface area is 280 Å². The summed E-state index contributed by atoms with van der Waals surface area (Å²) < 4.78 is 13.7. The summed E-state index contributed by atoms with van der Waals surface area (Å²) >= 11 is 0. The third-order valence-corrected chi connectivity index (χ3v) is 10.5. The monoisotopic (exact) mass is 624 g/mol. The van der Waals surface area contributed by atoms with E-state index in [9.17, 15) is 0 Å². The molecule has 0 N–H and O–H groups in total. The van der Waals surface area contributed by atoms with Gasteiger partial charge in [-0.3, -0.25) is 0 Å². The van der Waals surface area contributed by atoms with Crippen LogP contribution in [0.2, 0.25) is 0 Å². The fourth-order valence-corrected chi connectivity index (χ4v) is 7.68. The maximum atomic E-state index is 6.87. The third-order valence-electron chi connectivity index (χ3n) is 10.5. The molecule has 3 aliphatic rings. The largest absolute Gasteiger partial charge is 0.344 e. The molecule has 3 rings (SSSR count). The minimum absolute atomic E-state index is 0.288. The van der Waals surface area contributed by atoms with Crippen LogP contribution in [-0.4, -0.2) is 43.0 Å². The number of nitrogens with zero attached hydrogens (tertiary/aromatic N) is 1. The Balaban J connectivity index is 1.24. The van der Waals surface area contributed by atoms with Crippen LogP contribution in [-0.2, 0) is 9.47 Å². The highest BCUT2D eigenvalue weighted by Gasteiger charge is 2.63. The van der Waals surface area contributed by atoms with E-state index in [4.69, 9.17) is 9.47 Å². The summed E-state index contributed by atoms with van der Waals surface area (Å²) in [7, 11) is 2.26. The predicted molar refractivity (Wildman–Crippen MR) is 196 cm³/mol. The second-order valence-electron chi connectivity index (χ2n) is 14.6. The molecule has 3 fully saturated rings. The van der Waals surface area contributed by atoms with Gasteiger partial charge in [-0.25, -0.2) is 0 Å². The lowest BCUT2D eigenvalue weighted by Gasteiger charge is -2.40. The Hall–Kier alpha value is -1.16. The highest BCUT2D eigenvalue weighted by molar-refractivity contribution is 5.09. The van der Waals surface area contributed by atoms with Crippen LogP contribution in [0.25, 0.3) is 0 Å². The molecule has 2 aliphatic heterocycles. The number of likely N-dealkylation sites (tertiary alicyclic amines) is 1. The molecule has 0 aromatic rings. The van der Waals surface area contributed by atoms with Crippen LogP contribution in [0.3, 0.4) is 0 Å². The molecule has 258 valence electrons. The van der Waals surface area contributed by atoms with Crippen molar-refractivity contribution >= 4 is 0 Å². The van der Waals surface area contributed by atoms with Crippen LogP contribution in [0.4, 0.5) is 0 Å². The normalized spacial score (nSPS) is 24.5. The van der Waals surface area contributed by atoms with Crippen molar-refractivity contribution in [3.63, 3.8) is 0 Å². The van der Waals surface area contributed by atoms with Gasteiger partial charge in [-0.2, -0.15) is 0 Å². The minimum atomic E-state index is -0.288. The number of fused-ring (bicyclic) bond motifs is 4. The molecule has 4 atom stereocenters. The van der Waals surface area contributed by atoms with Crippen molar-refractivity contribution in [1.29, 1.82) is 0 Å². The number of hydrogen-bond acceptors (Lipinski definition) is 3. The fourth-order valence-electron chi connectivity index (χ4n) is 7.68. The molecule has 45 heavy (non-hydrogen) atoms. The minimum Gasteiger partial charge on any atom is -0.344 e. The molecule has 2 saturated heterocycles. The molecule has 2 unspecified atom stereocenters. The molecule has 2 heterocycles. The number of hydrogen-bond donors (Lipinski definition) is 0. The zero-order valence-electron chi connectivity index (χ0n) is 30.1. The van der Waals surface area contributed by atoms with Gasteiger partial charge in [-0.05, 0) is 71.3 Å².